The summed E-state index contributed by atoms with van der Waals surface area (Å²) in [5.74, 6) is -2.28. The van der Waals surface area contributed by atoms with Crippen LogP contribution in [0.2, 0.25) is 0 Å². The maximum Gasteiger partial charge on any atom is 0.394 e. The molecule has 2 aliphatic rings. The van der Waals surface area contributed by atoms with Crippen molar-refractivity contribution >= 4 is 11.9 Å². The van der Waals surface area contributed by atoms with Crippen LogP contribution in [0.25, 0.3) is 0 Å². The molecule has 3 unspecified atom stereocenters. The second-order valence-electron chi connectivity index (χ2n) is 7.34. The smallest absolute Gasteiger partial charge is 0.394 e. The van der Waals surface area contributed by atoms with E-state index in [1.54, 1.807) is 0 Å². The first kappa shape index (κ1) is 17.3. The van der Waals surface area contributed by atoms with Gasteiger partial charge in [-0.3, -0.25) is 4.79 Å². The van der Waals surface area contributed by atoms with Crippen molar-refractivity contribution in [3.8, 4) is 0 Å². The lowest BCUT2D eigenvalue weighted by Crippen LogP contribution is -2.50. The lowest BCUT2D eigenvalue weighted by molar-refractivity contribution is -0.158. The summed E-state index contributed by atoms with van der Waals surface area (Å²) in [6.07, 6.45) is 7.94. The Balaban J connectivity index is 1.97. The second kappa shape index (κ2) is 6.54. The molecule has 0 spiro atoms. The van der Waals surface area contributed by atoms with E-state index in [0.29, 0.717) is 0 Å². The van der Waals surface area contributed by atoms with Crippen molar-refractivity contribution in [1.29, 1.82) is 0 Å². The predicted molar refractivity (Wildman–Crippen MR) is 103 cm³/mol. The van der Waals surface area contributed by atoms with E-state index >= 15 is 0 Å². The second-order valence-corrected chi connectivity index (χ2v) is 7.34. The number of fused-ring (bicyclic) bond motifs is 2. The molecule has 4 nitrogen and oxygen atoms in total. The molecule has 1 aliphatic heterocycles. The van der Waals surface area contributed by atoms with E-state index in [0.717, 1.165) is 16.7 Å². The van der Waals surface area contributed by atoms with E-state index in [1.165, 1.54) is 4.90 Å². The first-order valence-corrected chi connectivity index (χ1v) is 9.05. The minimum Gasteiger partial charge on any atom is -0.474 e. The Morgan fingerprint density at radius 1 is 1.04 bits per heavy atom. The third kappa shape index (κ3) is 2.78. The minimum atomic E-state index is -1.42. The third-order valence-electron chi connectivity index (χ3n) is 5.74. The molecule has 136 valence electrons. The molecule has 3 atom stereocenters. The van der Waals surface area contributed by atoms with Gasteiger partial charge in [0.05, 0.1) is 6.04 Å². The van der Waals surface area contributed by atoms with Crippen molar-refractivity contribution in [1.82, 2.24) is 4.90 Å². The standard InChI is InChI=1S/C23H21NO3/c1-23-14-8-7-13-19(23)24(21(25)22(26)27)15-17-11-5-6-12-18(17)20(23)16-9-3-2-4-10-16/h2-14,19-20H,15H2,1H3,(H,26,27). The molecule has 4 heteroatoms. The van der Waals surface area contributed by atoms with E-state index in [2.05, 4.69) is 31.2 Å². The number of amides is 1. The fourth-order valence-electron chi connectivity index (χ4n) is 4.53. The van der Waals surface area contributed by atoms with Crippen molar-refractivity contribution in [3.05, 3.63) is 95.6 Å². The lowest BCUT2D eigenvalue weighted by Gasteiger charge is -2.44. The molecule has 0 bridgehead atoms. The topological polar surface area (TPSA) is 57.6 Å². The Kier molecular flexibility index (Phi) is 4.19. The van der Waals surface area contributed by atoms with E-state index < -0.39 is 17.3 Å². The first-order chi connectivity index (χ1) is 13.0. The SMILES string of the molecule is CC12C=CC=CC1N(C(=O)C(=O)O)Cc1ccccc1C2c1ccccc1. The van der Waals surface area contributed by atoms with Gasteiger partial charge in [0.1, 0.15) is 0 Å². The van der Waals surface area contributed by atoms with Crippen LogP contribution in [0, 0.1) is 5.41 Å². The summed E-state index contributed by atoms with van der Waals surface area (Å²) in [7, 11) is 0. The van der Waals surface area contributed by atoms with Crippen molar-refractivity contribution in [3.63, 3.8) is 0 Å². The highest BCUT2D eigenvalue weighted by Crippen LogP contribution is 2.51. The number of carbonyl (C=O) groups is 2. The van der Waals surface area contributed by atoms with Crippen LogP contribution in [0.5, 0.6) is 0 Å². The lowest BCUT2D eigenvalue weighted by atomic mass is 9.64. The van der Waals surface area contributed by atoms with E-state index in [4.69, 9.17) is 0 Å². The molecule has 0 radical (unpaired) electrons. The highest BCUT2D eigenvalue weighted by molar-refractivity contribution is 6.31. The van der Waals surface area contributed by atoms with Gasteiger partial charge in [-0.2, -0.15) is 0 Å². The van der Waals surface area contributed by atoms with Crippen LogP contribution in [-0.2, 0) is 16.1 Å². The van der Waals surface area contributed by atoms with Crippen LogP contribution < -0.4 is 0 Å². The molecule has 27 heavy (non-hydrogen) atoms. The maximum atomic E-state index is 12.6. The Labute approximate surface area is 158 Å². The highest BCUT2D eigenvalue weighted by atomic mass is 16.4. The zero-order valence-electron chi connectivity index (χ0n) is 15.1. The first-order valence-electron chi connectivity index (χ1n) is 9.05. The van der Waals surface area contributed by atoms with Gasteiger partial charge in [0, 0.05) is 17.9 Å². The molecular formula is C23H21NO3. The number of benzene rings is 2. The average molecular weight is 359 g/mol. The van der Waals surface area contributed by atoms with Crippen LogP contribution in [-0.4, -0.2) is 27.9 Å². The normalized spacial score (nSPS) is 26.0. The number of aliphatic carboxylic acids is 1. The maximum absolute atomic E-state index is 12.6. The fourth-order valence-corrected chi connectivity index (χ4v) is 4.53. The van der Waals surface area contributed by atoms with Gasteiger partial charge in [-0.1, -0.05) is 85.8 Å². The molecule has 4 rings (SSSR count). The van der Waals surface area contributed by atoms with Crippen LogP contribution in [0.4, 0.5) is 0 Å². The zero-order valence-corrected chi connectivity index (χ0v) is 15.1. The number of carboxylic acids is 1. The fraction of sp³-hybridized carbons (Fsp3) is 0.217. The number of nitrogens with zero attached hydrogens (tertiary/aromatic N) is 1. The molecule has 2 aromatic carbocycles. The van der Waals surface area contributed by atoms with E-state index in [9.17, 15) is 14.7 Å². The molecule has 1 N–H and O–H groups in total. The van der Waals surface area contributed by atoms with E-state index in [1.807, 2.05) is 54.6 Å². The summed E-state index contributed by atoms with van der Waals surface area (Å²) in [5.41, 5.74) is 2.81. The van der Waals surface area contributed by atoms with Gasteiger partial charge < -0.3 is 10.0 Å². The van der Waals surface area contributed by atoms with Crippen molar-refractivity contribution in [2.24, 2.45) is 5.41 Å². The van der Waals surface area contributed by atoms with Gasteiger partial charge in [0.25, 0.3) is 0 Å². The van der Waals surface area contributed by atoms with E-state index in [-0.39, 0.29) is 18.5 Å². The molecule has 1 heterocycles. The highest BCUT2D eigenvalue weighted by Gasteiger charge is 2.48. The third-order valence-corrected chi connectivity index (χ3v) is 5.74. The van der Waals surface area contributed by atoms with Crippen LogP contribution in [0.15, 0.2) is 78.9 Å². The molecule has 2 aromatic rings. The molecule has 0 saturated heterocycles. The Bertz CT molecular complexity index is 947. The summed E-state index contributed by atoms with van der Waals surface area (Å²) in [4.78, 5) is 25.6. The Hall–Kier alpha value is -3.14. The molecule has 1 amide bonds. The number of rotatable bonds is 1. The van der Waals surface area contributed by atoms with Crippen molar-refractivity contribution in [2.45, 2.75) is 25.4 Å². The van der Waals surface area contributed by atoms with Gasteiger partial charge in [-0.25, -0.2) is 4.79 Å². The van der Waals surface area contributed by atoms with Crippen LogP contribution >= 0.6 is 0 Å². The Morgan fingerprint density at radius 2 is 1.74 bits per heavy atom. The number of carboxylic acid groups (broad SMARTS) is 1. The van der Waals surface area contributed by atoms with Gasteiger partial charge >= 0.3 is 11.9 Å². The summed E-state index contributed by atoms with van der Waals surface area (Å²) in [6.45, 7) is 2.39. The number of hydrogen-bond donors (Lipinski definition) is 1. The number of allylic oxidation sites excluding steroid dienone is 2. The number of carbonyl (C=O) groups excluding carboxylic acids is 1. The minimum absolute atomic E-state index is 0.00712. The van der Waals surface area contributed by atoms with Gasteiger partial charge in [0.2, 0.25) is 0 Å². The molecule has 0 saturated carbocycles. The predicted octanol–water partition coefficient (Wildman–Crippen LogP) is 3.75. The largest absolute Gasteiger partial charge is 0.474 e. The van der Waals surface area contributed by atoms with Crippen molar-refractivity contribution in [2.75, 3.05) is 0 Å². The Morgan fingerprint density at radius 3 is 2.48 bits per heavy atom. The van der Waals surface area contributed by atoms with Gasteiger partial charge in [-0.15, -0.1) is 0 Å². The average Bonchev–Trinajstić information content (AvgIpc) is 2.79. The van der Waals surface area contributed by atoms with Crippen LogP contribution in [0.3, 0.4) is 0 Å². The monoisotopic (exact) mass is 359 g/mol. The molecule has 1 aliphatic carbocycles. The summed E-state index contributed by atoms with van der Waals surface area (Å²) >= 11 is 0. The number of hydrogen-bond acceptors (Lipinski definition) is 2. The summed E-state index contributed by atoms with van der Waals surface area (Å²) < 4.78 is 0. The zero-order chi connectivity index (χ0) is 19.0. The quantitative estimate of drug-likeness (QED) is 0.789. The van der Waals surface area contributed by atoms with Gasteiger partial charge in [-0.05, 0) is 16.7 Å². The van der Waals surface area contributed by atoms with Crippen LogP contribution in [0.1, 0.15) is 29.5 Å². The summed E-state index contributed by atoms with van der Waals surface area (Å²) in [5, 5.41) is 9.40. The molecule has 0 aromatic heterocycles. The van der Waals surface area contributed by atoms with Gasteiger partial charge in [0.15, 0.2) is 0 Å². The molecular weight excluding hydrogens is 338 g/mol. The van der Waals surface area contributed by atoms with Crippen molar-refractivity contribution < 1.29 is 14.7 Å². The molecule has 0 fully saturated rings. The summed E-state index contributed by atoms with van der Waals surface area (Å²) in [6, 6.07) is 17.9.